The highest BCUT2D eigenvalue weighted by atomic mass is 33.1. The number of hydrogen-bond donors (Lipinski definition) is 1. The first-order chi connectivity index (χ1) is 4.72. The lowest BCUT2D eigenvalue weighted by Crippen LogP contribution is -2.09. The van der Waals surface area contributed by atoms with Crippen LogP contribution < -0.4 is 0 Å². The van der Waals surface area contributed by atoms with Crippen LogP contribution in [0.25, 0.3) is 0 Å². The van der Waals surface area contributed by atoms with E-state index in [1.807, 2.05) is 6.92 Å². The Bertz CT molecular complexity index is 186. The van der Waals surface area contributed by atoms with E-state index >= 15 is 0 Å². The van der Waals surface area contributed by atoms with Gasteiger partial charge in [0.25, 0.3) is 0 Å². The molecule has 10 heavy (non-hydrogen) atoms. The maximum Gasteiger partial charge on any atom is 0.332 e. The summed E-state index contributed by atoms with van der Waals surface area (Å²) in [6.45, 7) is 1.89. The summed E-state index contributed by atoms with van der Waals surface area (Å²) < 4.78 is 0. The van der Waals surface area contributed by atoms with Crippen molar-refractivity contribution in [3.8, 4) is 0 Å². The van der Waals surface area contributed by atoms with E-state index in [1.54, 1.807) is 21.6 Å². The van der Waals surface area contributed by atoms with E-state index in [9.17, 15) is 4.79 Å². The number of carboxylic acids is 1. The largest absolute Gasteiger partial charge is 0.478 e. The zero-order valence-corrected chi connectivity index (χ0v) is 7.22. The zero-order chi connectivity index (χ0) is 7.56. The minimum Gasteiger partial charge on any atom is -0.478 e. The average Bonchev–Trinajstić information content (AvgIpc) is 1.88. The molecule has 0 fully saturated rings. The molecule has 2 nitrogen and oxygen atoms in total. The second-order valence-electron chi connectivity index (χ2n) is 2.09. The predicted molar refractivity (Wildman–Crippen MR) is 45.3 cm³/mol. The van der Waals surface area contributed by atoms with Gasteiger partial charge in [0.05, 0.1) is 0 Å². The van der Waals surface area contributed by atoms with Gasteiger partial charge in [-0.3, -0.25) is 0 Å². The second-order valence-corrected chi connectivity index (χ2v) is 4.55. The lowest BCUT2D eigenvalue weighted by atomic mass is 10.2. The van der Waals surface area contributed by atoms with Crippen molar-refractivity contribution in [1.29, 1.82) is 0 Å². The minimum absolute atomic E-state index is 0.587. The predicted octanol–water partition coefficient (Wildman–Crippen LogP) is 1.78. The van der Waals surface area contributed by atoms with Crippen molar-refractivity contribution in [1.82, 2.24) is 0 Å². The maximum absolute atomic E-state index is 10.5. The molecule has 56 valence electrons. The van der Waals surface area contributed by atoms with Crippen molar-refractivity contribution in [2.75, 3.05) is 11.5 Å². The smallest absolute Gasteiger partial charge is 0.332 e. The molecule has 0 aromatic heterocycles. The van der Waals surface area contributed by atoms with Gasteiger partial charge in [0, 0.05) is 17.1 Å². The Morgan fingerprint density at radius 1 is 1.50 bits per heavy atom. The molecule has 0 aromatic carbocycles. The van der Waals surface area contributed by atoms with Gasteiger partial charge in [-0.1, -0.05) is 27.2 Å². The van der Waals surface area contributed by atoms with Crippen molar-refractivity contribution < 1.29 is 9.90 Å². The molecule has 4 heteroatoms. The van der Waals surface area contributed by atoms with Gasteiger partial charge in [0.2, 0.25) is 0 Å². The van der Waals surface area contributed by atoms with Crippen molar-refractivity contribution >= 4 is 27.6 Å². The lowest BCUT2D eigenvalue weighted by molar-refractivity contribution is -0.132. The normalized spacial score (nSPS) is 19.3. The Labute approximate surface area is 67.5 Å². The van der Waals surface area contributed by atoms with E-state index in [2.05, 4.69) is 0 Å². The third-order valence-corrected chi connectivity index (χ3v) is 3.67. The number of carboxylic acid groups (broad SMARTS) is 1. The fraction of sp³-hybridized carbons (Fsp3) is 0.500. The minimum atomic E-state index is -0.759. The highest BCUT2D eigenvalue weighted by Crippen LogP contribution is 2.32. The Hall–Kier alpha value is -0.0900. The molecule has 0 bridgehead atoms. The van der Waals surface area contributed by atoms with E-state index in [0.717, 1.165) is 11.3 Å². The molecule has 0 unspecified atom stereocenters. The van der Waals surface area contributed by atoms with Gasteiger partial charge in [-0.15, -0.1) is 0 Å². The summed E-state index contributed by atoms with van der Waals surface area (Å²) in [5, 5.41) is 8.63. The van der Waals surface area contributed by atoms with Crippen LogP contribution in [0.3, 0.4) is 0 Å². The van der Waals surface area contributed by atoms with Crippen LogP contribution >= 0.6 is 21.6 Å². The van der Waals surface area contributed by atoms with Crippen LogP contribution in [0.1, 0.15) is 6.92 Å². The number of hydrogen-bond acceptors (Lipinski definition) is 3. The number of aliphatic carboxylic acids is 1. The van der Waals surface area contributed by atoms with Gasteiger partial charge >= 0.3 is 5.97 Å². The van der Waals surface area contributed by atoms with E-state index in [0.29, 0.717) is 11.3 Å². The fourth-order valence-electron chi connectivity index (χ4n) is 0.685. The van der Waals surface area contributed by atoms with Crippen molar-refractivity contribution in [2.45, 2.75) is 6.92 Å². The molecular formula is C6H8O2S2. The third-order valence-electron chi connectivity index (χ3n) is 1.34. The first-order valence-electron chi connectivity index (χ1n) is 2.88. The van der Waals surface area contributed by atoms with Gasteiger partial charge in [-0.2, -0.15) is 0 Å². The van der Waals surface area contributed by atoms with Gasteiger partial charge < -0.3 is 5.11 Å². The van der Waals surface area contributed by atoms with E-state index in [-0.39, 0.29) is 0 Å². The molecule has 1 aliphatic heterocycles. The van der Waals surface area contributed by atoms with Crippen LogP contribution in [0.5, 0.6) is 0 Å². The molecule has 0 radical (unpaired) electrons. The highest BCUT2D eigenvalue weighted by molar-refractivity contribution is 8.76. The molecule has 0 aliphatic carbocycles. The molecule has 0 spiro atoms. The first kappa shape index (κ1) is 8.01. The molecule has 0 atom stereocenters. The maximum atomic E-state index is 10.5. The Morgan fingerprint density at radius 2 is 2.10 bits per heavy atom. The van der Waals surface area contributed by atoms with Crippen molar-refractivity contribution in [3.63, 3.8) is 0 Å². The van der Waals surface area contributed by atoms with Gasteiger partial charge in [-0.05, 0) is 6.92 Å². The van der Waals surface area contributed by atoms with E-state index in [1.165, 1.54) is 0 Å². The quantitative estimate of drug-likeness (QED) is 0.618. The Kier molecular flexibility index (Phi) is 2.68. The van der Waals surface area contributed by atoms with Crippen LogP contribution in [0, 0.1) is 0 Å². The molecule has 1 N–H and O–H groups in total. The highest BCUT2D eigenvalue weighted by Gasteiger charge is 2.15. The Morgan fingerprint density at radius 3 is 2.50 bits per heavy atom. The van der Waals surface area contributed by atoms with E-state index in [4.69, 9.17) is 5.11 Å². The van der Waals surface area contributed by atoms with Crippen LogP contribution in [0.15, 0.2) is 11.1 Å². The lowest BCUT2D eigenvalue weighted by Gasteiger charge is -2.12. The fourth-order valence-corrected chi connectivity index (χ4v) is 3.07. The van der Waals surface area contributed by atoms with Crippen LogP contribution in [0.4, 0.5) is 0 Å². The topological polar surface area (TPSA) is 37.3 Å². The summed E-state index contributed by atoms with van der Waals surface area (Å²) in [4.78, 5) is 10.5. The molecule has 1 aliphatic rings. The second kappa shape index (κ2) is 3.34. The molecule has 0 saturated heterocycles. The van der Waals surface area contributed by atoms with Gasteiger partial charge in [0.15, 0.2) is 0 Å². The molecule has 0 saturated carbocycles. The molecule has 0 aromatic rings. The molecular weight excluding hydrogens is 168 g/mol. The number of rotatable bonds is 1. The SMILES string of the molecule is CC1=C(C(=O)O)CSSC1. The van der Waals surface area contributed by atoms with Gasteiger partial charge in [0.1, 0.15) is 0 Å². The van der Waals surface area contributed by atoms with Crippen molar-refractivity contribution in [3.05, 3.63) is 11.1 Å². The van der Waals surface area contributed by atoms with Crippen molar-refractivity contribution in [2.24, 2.45) is 0 Å². The summed E-state index contributed by atoms with van der Waals surface area (Å²) in [7, 11) is 3.33. The summed E-state index contributed by atoms with van der Waals surface area (Å²) in [5.74, 6) is 0.739. The average molecular weight is 176 g/mol. The number of carbonyl (C=O) groups is 1. The zero-order valence-electron chi connectivity index (χ0n) is 5.59. The first-order valence-corrected chi connectivity index (χ1v) is 5.37. The Balaban J connectivity index is 2.78. The van der Waals surface area contributed by atoms with Gasteiger partial charge in [-0.25, -0.2) is 4.79 Å². The molecule has 1 heterocycles. The summed E-state index contributed by atoms with van der Waals surface area (Å²) >= 11 is 0. The standard InChI is InChI=1S/C6H8O2S2/c1-4-2-9-10-3-5(4)6(7)8/h2-3H2,1H3,(H,7,8). The van der Waals surface area contributed by atoms with E-state index < -0.39 is 5.97 Å². The molecule has 0 amide bonds. The third kappa shape index (κ3) is 1.70. The van der Waals surface area contributed by atoms with Crippen LogP contribution in [-0.2, 0) is 4.79 Å². The van der Waals surface area contributed by atoms with Crippen LogP contribution in [0.2, 0.25) is 0 Å². The summed E-state index contributed by atoms with van der Waals surface area (Å²) in [5.41, 5.74) is 1.60. The summed E-state index contributed by atoms with van der Waals surface area (Å²) in [6, 6.07) is 0. The monoisotopic (exact) mass is 176 g/mol. The molecule has 1 rings (SSSR count). The summed E-state index contributed by atoms with van der Waals surface area (Å²) in [6.07, 6.45) is 0. The van der Waals surface area contributed by atoms with Crippen LogP contribution in [-0.4, -0.2) is 22.6 Å².